The average molecular weight is 399 g/mol. The number of rotatable bonds is 3. The molecule has 0 amide bonds. The van der Waals surface area contributed by atoms with Crippen molar-refractivity contribution < 1.29 is 35.9 Å². The summed E-state index contributed by atoms with van der Waals surface area (Å²) in [5.41, 5.74) is 1.42. The van der Waals surface area contributed by atoms with Gasteiger partial charge >= 0.3 is 0 Å². The van der Waals surface area contributed by atoms with Crippen molar-refractivity contribution in [1.29, 1.82) is 0 Å². The fourth-order valence-electron chi connectivity index (χ4n) is 1.34. The van der Waals surface area contributed by atoms with Crippen molar-refractivity contribution in [2.45, 2.75) is 25.7 Å². The second-order valence-electron chi connectivity index (χ2n) is 3.19. The van der Waals surface area contributed by atoms with E-state index in [9.17, 15) is 0 Å². The van der Waals surface area contributed by atoms with Crippen LogP contribution in [0.2, 0.25) is 0 Å². The first-order chi connectivity index (χ1) is 5.90. The number of benzene rings is 1. The van der Waals surface area contributed by atoms with Crippen LogP contribution in [0.15, 0.2) is 18.2 Å². The maximum atomic E-state index is 5.31. The minimum atomic E-state index is 0. The summed E-state index contributed by atoms with van der Waals surface area (Å²) in [5.74, 6) is 1.68. The molecule has 0 aromatic heterocycles. The molecule has 0 spiro atoms. The zero-order chi connectivity index (χ0) is 8.39. The molecule has 1 nitrogen and oxygen atoms in total. The van der Waals surface area contributed by atoms with Gasteiger partial charge in [-0.15, -0.1) is 12.1 Å². The summed E-state index contributed by atoms with van der Waals surface area (Å²) in [6, 6.07) is 9.36. The SMILES string of the molecule is CCOc1[c-]cc(C2CC2)cc1.[U]. The van der Waals surface area contributed by atoms with Gasteiger partial charge in [0.2, 0.25) is 0 Å². The first-order valence-corrected chi connectivity index (χ1v) is 4.54. The van der Waals surface area contributed by atoms with Gasteiger partial charge in [-0.3, -0.25) is 0 Å². The molecule has 0 unspecified atom stereocenters. The van der Waals surface area contributed by atoms with Crippen LogP contribution in [0, 0.1) is 37.2 Å². The summed E-state index contributed by atoms with van der Waals surface area (Å²) >= 11 is 0. The van der Waals surface area contributed by atoms with Gasteiger partial charge in [0.15, 0.2) is 0 Å². The van der Waals surface area contributed by atoms with Gasteiger partial charge in [0.05, 0.1) is 6.61 Å². The molecule has 1 aromatic carbocycles. The Labute approximate surface area is 103 Å². The Kier molecular flexibility index (Phi) is 4.35. The van der Waals surface area contributed by atoms with Gasteiger partial charge in [-0.1, -0.05) is 18.8 Å². The molecule has 2 heteroatoms. The summed E-state index contributed by atoms with van der Waals surface area (Å²) in [6.45, 7) is 2.71. The third kappa shape index (κ3) is 3.04. The van der Waals surface area contributed by atoms with E-state index in [1.807, 2.05) is 13.0 Å². The van der Waals surface area contributed by atoms with Crippen LogP contribution < -0.4 is 4.74 Å². The number of hydrogen-bond acceptors (Lipinski definition) is 1. The van der Waals surface area contributed by atoms with Crippen molar-refractivity contribution in [3.8, 4) is 5.75 Å². The quantitative estimate of drug-likeness (QED) is 0.711. The smallest absolute Gasteiger partial charge is 0.0822 e. The monoisotopic (exact) mass is 399 g/mol. The van der Waals surface area contributed by atoms with Gasteiger partial charge in [0, 0.05) is 36.9 Å². The summed E-state index contributed by atoms with van der Waals surface area (Å²) in [7, 11) is 0. The normalized spacial score (nSPS) is 14.8. The summed E-state index contributed by atoms with van der Waals surface area (Å²) in [6.07, 6.45) is 2.70. The molecule has 0 N–H and O–H groups in total. The Balaban J connectivity index is 0.000000845. The van der Waals surface area contributed by atoms with Crippen LogP contribution in [-0.4, -0.2) is 6.61 Å². The number of hydrogen-bond donors (Lipinski definition) is 0. The molecule has 0 aliphatic heterocycles. The minimum Gasteiger partial charge on any atom is -0.520 e. The van der Waals surface area contributed by atoms with Gasteiger partial charge in [0.1, 0.15) is 0 Å². The fraction of sp³-hybridized carbons (Fsp3) is 0.455. The third-order valence-corrected chi connectivity index (χ3v) is 2.16. The van der Waals surface area contributed by atoms with Crippen molar-refractivity contribution in [3.63, 3.8) is 0 Å². The Morgan fingerprint density at radius 3 is 2.69 bits per heavy atom. The minimum absolute atomic E-state index is 0. The molecule has 1 aliphatic rings. The van der Waals surface area contributed by atoms with E-state index in [0.29, 0.717) is 0 Å². The second kappa shape index (κ2) is 5.08. The van der Waals surface area contributed by atoms with Crippen LogP contribution in [0.25, 0.3) is 0 Å². The Morgan fingerprint density at radius 1 is 1.46 bits per heavy atom. The van der Waals surface area contributed by atoms with Gasteiger partial charge in [-0.2, -0.15) is 17.7 Å². The molecule has 1 aromatic rings. The molecule has 0 radical (unpaired) electrons. The molecule has 68 valence electrons. The van der Waals surface area contributed by atoms with Crippen LogP contribution >= 0.6 is 0 Å². The van der Waals surface area contributed by atoms with Crippen molar-refractivity contribution in [1.82, 2.24) is 0 Å². The molecule has 13 heavy (non-hydrogen) atoms. The molecule has 1 fully saturated rings. The van der Waals surface area contributed by atoms with Gasteiger partial charge in [-0.25, -0.2) is 0 Å². The van der Waals surface area contributed by atoms with Crippen LogP contribution in [0.1, 0.15) is 31.2 Å². The van der Waals surface area contributed by atoms with Crippen LogP contribution in [0.4, 0.5) is 0 Å². The van der Waals surface area contributed by atoms with E-state index >= 15 is 0 Å². The first-order valence-electron chi connectivity index (χ1n) is 4.54. The van der Waals surface area contributed by atoms with Gasteiger partial charge in [-0.05, 0) is 6.92 Å². The predicted octanol–water partition coefficient (Wildman–Crippen LogP) is 2.76. The van der Waals surface area contributed by atoms with E-state index in [1.54, 1.807) is 0 Å². The molecule has 0 bridgehead atoms. The maximum absolute atomic E-state index is 5.31. The third-order valence-electron chi connectivity index (χ3n) is 2.16. The van der Waals surface area contributed by atoms with Crippen LogP contribution in [0.3, 0.4) is 0 Å². The molecular weight excluding hydrogens is 386 g/mol. The summed E-state index contributed by atoms with van der Waals surface area (Å²) in [4.78, 5) is 0. The standard InChI is InChI=1S/C11H13O.U/c1-2-12-11-7-5-10(6-8-11)9-3-4-9;/h5-7,9H,2-4H2,1H3;/q-1;. The van der Waals surface area contributed by atoms with Gasteiger partial charge in [0.25, 0.3) is 0 Å². The Morgan fingerprint density at radius 2 is 2.23 bits per heavy atom. The topological polar surface area (TPSA) is 9.23 Å². The van der Waals surface area contributed by atoms with E-state index in [4.69, 9.17) is 4.74 Å². The molecule has 1 aliphatic carbocycles. The van der Waals surface area contributed by atoms with Crippen molar-refractivity contribution >= 4 is 0 Å². The average Bonchev–Trinajstić information content (AvgIpc) is 2.89. The maximum Gasteiger partial charge on any atom is 0.0822 e. The predicted molar refractivity (Wildman–Crippen MR) is 48.4 cm³/mol. The largest absolute Gasteiger partial charge is 0.520 e. The van der Waals surface area contributed by atoms with E-state index in [2.05, 4.69) is 18.2 Å². The Hall–Kier alpha value is 0.0719. The van der Waals surface area contributed by atoms with E-state index in [0.717, 1.165) is 18.3 Å². The van der Waals surface area contributed by atoms with Crippen molar-refractivity contribution in [3.05, 3.63) is 29.8 Å². The van der Waals surface area contributed by atoms with E-state index in [-0.39, 0.29) is 31.1 Å². The fourth-order valence-corrected chi connectivity index (χ4v) is 1.34. The zero-order valence-electron chi connectivity index (χ0n) is 7.84. The van der Waals surface area contributed by atoms with Crippen LogP contribution in [0.5, 0.6) is 5.75 Å². The molecule has 2 rings (SSSR count). The van der Waals surface area contributed by atoms with Gasteiger partial charge < -0.3 is 4.74 Å². The van der Waals surface area contributed by atoms with E-state index < -0.39 is 0 Å². The van der Waals surface area contributed by atoms with Crippen molar-refractivity contribution in [2.75, 3.05) is 6.61 Å². The zero-order valence-corrected chi connectivity index (χ0v) is 12.0. The van der Waals surface area contributed by atoms with E-state index in [1.165, 1.54) is 18.4 Å². The molecule has 0 saturated heterocycles. The summed E-state index contributed by atoms with van der Waals surface area (Å²) in [5, 5.41) is 0. The molecular formula is C11H13OU-. The second-order valence-corrected chi connectivity index (χ2v) is 3.19. The van der Waals surface area contributed by atoms with Crippen LogP contribution in [-0.2, 0) is 0 Å². The van der Waals surface area contributed by atoms with Crippen molar-refractivity contribution in [2.24, 2.45) is 0 Å². The molecule has 0 heterocycles. The first kappa shape index (κ1) is 11.1. The Bertz CT molecular complexity index is 251. The molecule has 1 saturated carbocycles. The summed E-state index contributed by atoms with van der Waals surface area (Å²) < 4.78 is 5.31. The number of ether oxygens (including phenoxy) is 1. The molecule has 0 atom stereocenters.